The molecule has 0 amide bonds. The zero-order valence-corrected chi connectivity index (χ0v) is 45.9. The van der Waals surface area contributed by atoms with Crippen molar-refractivity contribution < 1.29 is 39.5 Å². The molecule has 13 heteroatoms. The molecule has 0 aliphatic carbocycles. The number of nitrogens with zero attached hydrogens (tertiary/aromatic N) is 4. The molecule has 3 aromatic heterocycles. The smallest absolute Gasteiger partial charge is 0.309 e. The highest BCUT2D eigenvalue weighted by molar-refractivity contribution is 6.13. The molecule has 0 aliphatic heterocycles. The number of pyridine rings is 1. The van der Waals surface area contributed by atoms with Crippen LogP contribution in [0.2, 0.25) is 0 Å². The first kappa shape index (κ1) is 54.2. The van der Waals surface area contributed by atoms with Gasteiger partial charge < -0.3 is 9.13 Å². The summed E-state index contributed by atoms with van der Waals surface area (Å²) in [5.74, 6) is 0. The van der Waals surface area contributed by atoms with E-state index in [1.807, 2.05) is 128 Å². The van der Waals surface area contributed by atoms with Crippen LogP contribution in [0.15, 0.2) is 170 Å². The summed E-state index contributed by atoms with van der Waals surface area (Å²) in [5, 5.41) is 14.9. The molecule has 4 nitrogen and oxygen atoms in total. The molecule has 0 atom stereocenters. The van der Waals surface area contributed by atoms with Crippen molar-refractivity contribution in [2.24, 2.45) is 0 Å². The Labute approximate surface area is 472 Å². The standard InChI is InChI=1S/C70H49F9N4/c1-37-8-16-53(38(2)24-37)44-9-17-57-58-18-10-45(54-21-13-50(25-39(54)3)68(71,72)73)31-64(58)82(63(57)30-44)62-35-61(48-28-42(6)81-43(7)29-48)67(34-49(62)36-80)83-65-32-46(55-22-14-51(26-40(55)4)69(74,75)76)11-19-59(65)60-20-12-47(33-66(60)83)56-23-15-52(27-41(56)5)70(77,78)79/h8-35H,1-7H3. The van der Waals surface area contributed by atoms with Crippen LogP contribution in [-0.4, -0.2) is 14.1 Å². The predicted octanol–water partition coefficient (Wildman–Crippen LogP) is 20.7. The van der Waals surface area contributed by atoms with Crippen molar-refractivity contribution in [3.63, 3.8) is 0 Å². The van der Waals surface area contributed by atoms with Crippen LogP contribution in [0.25, 0.3) is 111 Å². The molecule has 12 rings (SSSR count). The lowest BCUT2D eigenvalue weighted by molar-refractivity contribution is -0.138. The maximum Gasteiger partial charge on any atom is 0.416 e. The maximum atomic E-state index is 14.0. The fourth-order valence-corrected chi connectivity index (χ4v) is 12.1. The van der Waals surface area contributed by atoms with E-state index in [1.54, 1.807) is 20.8 Å². The number of hydrogen-bond donors (Lipinski definition) is 0. The highest BCUT2D eigenvalue weighted by Crippen LogP contribution is 2.46. The van der Waals surface area contributed by atoms with Crippen LogP contribution >= 0.6 is 0 Å². The van der Waals surface area contributed by atoms with Crippen molar-refractivity contribution >= 4 is 43.6 Å². The van der Waals surface area contributed by atoms with Gasteiger partial charge in [0.05, 0.1) is 55.7 Å². The van der Waals surface area contributed by atoms with E-state index in [2.05, 4.69) is 30.3 Å². The summed E-state index contributed by atoms with van der Waals surface area (Å²) in [5.41, 5.74) is 13.3. The third kappa shape index (κ3) is 9.55. The number of hydrogen-bond acceptors (Lipinski definition) is 2. The average molecular weight is 1120 g/mol. The quantitative estimate of drug-likeness (QED) is 0.149. The van der Waals surface area contributed by atoms with Gasteiger partial charge in [0.2, 0.25) is 0 Å². The Morgan fingerprint density at radius 3 is 1.00 bits per heavy atom. The van der Waals surface area contributed by atoms with Crippen molar-refractivity contribution in [2.75, 3.05) is 0 Å². The van der Waals surface area contributed by atoms with Gasteiger partial charge in [-0.25, -0.2) is 0 Å². The summed E-state index contributed by atoms with van der Waals surface area (Å²) in [6.07, 6.45) is -13.7. The number of alkyl halides is 9. The minimum atomic E-state index is -4.57. The molecule has 0 N–H and O–H groups in total. The van der Waals surface area contributed by atoms with Gasteiger partial charge in [-0.1, -0.05) is 90.5 Å². The molecule has 0 aliphatic rings. The van der Waals surface area contributed by atoms with E-state index in [1.165, 1.54) is 18.2 Å². The second-order valence-electron chi connectivity index (χ2n) is 21.6. The molecule has 0 radical (unpaired) electrons. The monoisotopic (exact) mass is 1120 g/mol. The maximum absolute atomic E-state index is 14.0. The Bertz CT molecular complexity index is 4590. The molecular weight excluding hydrogens is 1070 g/mol. The first-order valence-electron chi connectivity index (χ1n) is 26.7. The van der Waals surface area contributed by atoms with E-state index in [4.69, 9.17) is 4.98 Å². The normalized spacial score (nSPS) is 12.3. The number of rotatable bonds is 7. The fraction of sp³-hybridized carbons (Fsp3) is 0.143. The highest BCUT2D eigenvalue weighted by Gasteiger charge is 2.33. The van der Waals surface area contributed by atoms with Crippen LogP contribution in [0.3, 0.4) is 0 Å². The van der Waals surface area contributed by atoms with E-state index in [-0.39, 0.29) is 5.56 Å². The van der Waals surface area contributed by atoms with Crippen LogP contribution in [0, 0.1) is 59.8 Å². The number of benzene rings is 9. The molecule has 0 saturated carbocycles. The largest absolute Gasteiger partial charge is 0.416 e. The summed E-state index contributed by atoms with van der Waals surface area (Å²) in [4.78, 5) is 4.74. The zero-order valence-electron chi connectivity index (χ0n) is 45.9. The molecule has 0 fully saturated rings. The van der Waals surface area contributed by atoms with Crippen molar-refractivity contribution in [1.29, 1.82) is 5.26 Å². The lowest BCUT2D eigenvalue weighted by atomic mass is 9.96. The minimum Gasteiger partial charge on any atom is -0.309 e. The second kappa shape index (κ2) is 19.7. The van der Waals surface area contributed by atoms with E-state index in [0.29, 0.717) is 94.9 Å². The molecule has 3 heterocycles. The Hall–Kier alpha value is -9.41. The topological polar surface area (TPSA) is 46.5 Å². The van der Waals surface area contributed by atoms with Crippen LogP contribution in [0.1, 0.15) is 61.5 Å². The van der Waals surface area contributed by atoms with E-state index < -0.39 is 35.2 Å². The summed E-state index contributed by atoms with van der Waals surface area (Å²) in [7, 11) is 0. The highest BCUT2D eigenvalue weighted by atomic mass is 19.4. The van der Waals surface area contributed by atoms with Crippen LogP contribution < -0.4 is 0 Å². The predicted molar refractivity (Wildman–Crippen MR) is 313 cm³/mol. The Morgan fingerprint density at radius 1 is 0.337 bits per heavy atom. The van der Waals surface area contributed by atoms with Crippen LogP contribution in [0.5, 0.6) is 0 Å². The molecule has 12 aromatic rings. The van der Waals surface area contributed by atoms with Crippen LogP contribution in [0.4, 0.5) is 39.5 Å². The summed E-state index contributed by atoms with van der Waals surface area (Å²) in [6.45, 7) is 12.7. The van der Waals surface area contributed by atoms with E-state index >= 15 is 0 Å². The van der Waals surface area contributed by atoms with Gasteiger partial charge in [0.15, 0.2) is 0 Å². The number of halogens is 9. The minimum absolute atomic E-state index is 0.234. The molecule has 0 bridgehead atoms. The summed E-state index contributed by atoms with van der Waals surface area (Å²) >= 11 is 0. The Kier molecular flexibility index (Phi) is 12.8. The van der Waals surface area contributed by atoms with Gasteiger partial charge in [0.25, 0.3) is 0 Å². The van der Waals surface area contributed by atoms with Gasteiger partial charge in [0, 0.05) is 38.5 Å². The van der Waals surface area contributed by atoms with Crippen LogP contribution in [-0.2, 0) is 18.5 Å². The van der Waals surface area contributed by atoms with Crippen molar-refractivity contribution in [3.8, 4) is 73.1 Å². The number of fused-ring (bicyclic) bond motifs is 6. The number of aryl methyl sites for hydroxylation is 7. The van der Waals surface area contributed by atoms with E-state index in [9.17, 15) is 44.8 Å². The average Bonchev–Trinajstić information content (AvgIpc) is 1.98. The van der Waals surface area contributed by atoms with Crippen molar-refractivity contribution in [2.45, 2.75) is 67.0 Å². The van der Waals surface area contributed by atoms with Crippen molar-refractivity contribution in [1.82, 2.24) is 14.1 Å². The summed E-state index contributed by atoms with van der Waals surface area (Å²) < 4.78 is 130. The Morgan fingerprint density at radius 2 is 0.675 bits per heavy atom. The first-order chi connectivity index (χ1) is 39.3. The molecule has 0 unspecified atom stereocenters. The molecule has 412 valence electrons. The molecule has 0 spiro atoms. The third-order valence-electron chi connectivity index (χ3n) is 15.9. The number of aromatic nitrogens is 3. The van der Waals surface area contributed by atoms with Gasteiger partial charge in [0.1, 0.15) is 6.07 Å². The SMILES string of the molecule is Cc1ccc(-c2ccc3c4ccc(-c5ccc(C(F)(F)F)cc5C)cc4n(-c4cc(-c5cc(C)nc(C)c5)c(-n5c6cc(-c7ccc(C(F)(F)F)cc7C)ccc6c6ccc(-c7ccc(C(F)(F)F)cc7C)cc65)cc4C#N)c3c2)c(C)c1. The van der Waals surface area contributed by atoms with Gasteiger partial charge in [-0.2, -0.15) is 44.8 Å². The second-order valence-corrected chi connectivity index (χ2v) is 21.6. The van der Waals surface area contributed by atoms with E-state index in [0.717, 1.165) is 91.3 Å². The fourth-order valence-electron chi connectivity index (χ4n) is 12.1. The zero-order chi connectivity index (χ0) is 58.8. The van der Waals surface area contributed by atoms with Crippen molar-refractivity contribution in [3.05, 3.63) is 231 Å². The summed E-state index contributed by atoms with van der Waals surface area (Å²) in [6, 6.07) is 50.7. The molecule has 0 saturated heterocycles. The van der Waals surface area contributed by atoms with Gasteiger partial charge in [-0.3, -0.25) is 4.98 Å². The molecule has 83 heavy (non-hydrogen) atoms. The Balaban J connectivity index is 1.19. The third-order valence-corrected chi connectivity index (χ3v) is 15.9. The lowest BCUT2D eigenvalue weighted by Gasteiger charge is -2.20. The first-order valence-corrected chi connectivity index (χ1v) is 26.7. The molecule has 9 aromatic carbocycles. The lowest BCUT2D eigenvalue weighted by Crippen LogP contribution is -2.05. The molecular formula is C70H49F9N4. The number of nitriles is 1. The van der Waals surface area contributed by atoms with Gasteiger partial charge >= 0.3 is 18.5 Å². The van der Waals surface area contributed by atoms with Gasteiger partial charge in [-0.15, -0.1) is 0 Å². The van der Waals surface area contributed by atoms with Gasteiger partial charge in [-0.05, 0) is 206 Å².